The van der Waals surface area contributed by atoms with Gasteiger partial charge < -0.3 is 10.2 Å². The molecule has 0 unspecified atom stereocenters. The number of anilines is 1. The van der Waals surface area contributed by atoms with Crippen LogP contribution in [0.3, 0.4) is 0 Å². The molecule has 3 rings (SSSR count). The molecule has 1 saturated heterocycles. The van der Waals surface area contributed by atoms with Crippen molar-refractivity contribution in [3.05, 3.63) is 28.2 Å². The Morgan fingerprint density at radius 1 is 1.10 bits per heavy atom. The molecule has 1 N–H and O–H groups in total. The van der Waals surface area contributed by atoms with E-state index in [-0.39, 0.29) is 6.03 Å². The minimum atomic E-state index is -0.0302. The molecule has 5 heteroatoms. The lowest BCUT2D eigenvalue weighted by Gasteiger charge is -2.41. The van der Waals surface area contributed by atoms with Gasteiger partial charge in [-0.2, -0.15) is 0 Å². The SMILES string of the molecule is O=C(Nc1ccc(Cl)c(Cl)c1)N1CC[C@H]2CCCC[C@@H]2C1. The van der Waals surface area contributed by atoms with Crippen molar-refractivity contribution in [2.24, 2.45) is 11.8 Å². The molecule has 0 radical (unpaired) electrons. The van der Waals surface area contributed by atoms with Crippen LogP contribution in [0.1, 0.15) is 32.1 Å². The second kappa shape index (κ2) is 6.45. The molecular weight excluding hydrogens is 307 g/mol. The lowest BCUT2D eigenvalue weighted by Crippen LogP contribution is -2.46. The third-order valence-electron chi connectivity index (χ3n) is 4.75. The van der Waals surface area contributed by atoms with E-state index in [0.29, 0.717) is 21.7 Å². The third kappa shape index (κ3) is 3.46. The van der Waals surface area contributed by atoms with Gasteiger partial charge in [-0.05, 0) is 42.9 Å². The van der Waals surface area contributed by atoms with Gasteiger partial charge in [0.15, 0.2) is 0 Å². The fourth-order valence-corrected chi connectivity index (χ4v) is 3.86. The highest BCUT2D eigenvalue weighted by molar-refractivity contribution is 6.42. The average molecular weight is 327 g/mol. The Balaban J connectivity index is 1.61. The summed E-state index contributed by atoms with van der Waals surface area (Å²) in [6, 6.07) is 5.14. The average Bonchev–Trinajstić information content (AvgIpc) is 2.50. The molecule has 2 atom stereocenters. The summed E-state index contributed by atoms with van der Waals surface area (Å²) in [6.07, 6.45) is 6.41. The minimum absolute atomic E-state index is 0.0302. The fraction of sp³-hybridized carbons (Fsp3) is 0.562. The first-order valence-electron chi connectivity index (χ1n) is 7.64. The number of piperidine rings is 1. The Kier molecular flexibility index (Phi) is 4.60. The molecule has 1 aliphatic carbocycles. The predicted molar refractivity (Wildman–Crippen MR) is 87.1 cm³/mol. The number of rotatable bonds is 1. The number of carbonyl (C=O) groups excluding carboxylic acids is 1. The Labute approximate surface area is 135 Å². The Morgan fingerprint density at radius 2 is 1.86 bits per heavy atom. The number of benzene rings is 1. The number of halogens is 2. The van der Waals surface area contributed by atoms with Gasteiger partial charge in [-0.3, -0.25) is 0 Å². The number of hydrogen-bond donors (Lipinski definition) is 1. The van der Waals surface area contributed by atoms with Crippen LogP contribution in [0.2, 0.25) is 10.0 Å². The number of urea groups is 1. The Hall–Kier alpha value is -0.930. The quantitative estimate of drug-likeness (QED) is 0.770. The van der Waals surface area contributed by atoms with Crippen molar-refractivity contribution < 1.29 is 4.79 Å². The van der Waals surface area contributed by atoms with Crippen molar-refractivity contribution in [1.82, 2.24) is 4.90 Å². The van der Waals surface area contributed by atoms with Gasteiger partial charge >= 0.3 is 6.03 Å². The maximum Gasteiger partial charge on any atom is 0.321 e. The number of hydrogen-bond acceptors (Lipinski definition) is 1. The van der Waals surface area contributed by atoms with Gasteiger partial charge in [0.1, 0.15) is 0 Å². The van der Waals surface area contributed by atoms with Crippen LogP contribution in [0, 0.1) is 11.8 Å². The normalized spacial score (nSPS) is 25.3. The van der Waals surface area contributed by atoms with Gasteiger partial charge in [-0.15, -0.1) is 0 Å². The van der Waals surface area contributed by atoms with Crippen molar-refractivity contribution in [1.29, 1.82) is 0 Å². The molecule has 1 aliphatic heterocycles. The summed E-state index contributed by atoms with van der Waals surface area (Å²) in [7, 11) is 0. The molecule has 0 spiro atoms. The van der Waals surface area contributed by atoms with Crippen LogP contribution in [-0.2, 0) is 0 Å². The van der Waals surface area contributed by atoms with E-state index in [2.05, 4.69) is 5.32 Å². The molecule has 21 heavy (non-hydrogen) atoms. The van der Waals surface area contributed by atoms with Gasteiger partial charge in [0.2, 0.25) is 0 Å². The first-order chi connectivity index (χ1) is 10.1. The molecule has 0 aromatic heterocycles. The summed E-state index contributed by atoms with van der Waals surface area (Å²) in [5.74, 6) is 1.51. The predicted octanol–water partition coefficient (Wildman–Crippen LogP) is 5.04. The van der Waals surface area contributed by atoms with E-state index in [1.165, 1.54) is 25.7 Å². The summed E-state index contributed by atoms with van der Waals surface area (Å²) in [5.41, 5.74) is 0.695. The highest BCUT2D eigenvalue weighted by atomic mass is 35.5. The van der Waals surface area contributed by atoms with Crippen LogP contribution < -0.4 is 5.32 Å². The molecule has 2 aliphatic rings. The maximum atomic E-state index is 12.4. The fourth-order valence-electron chi connectivity index (χ4n) is 3.56. The molecule has 1 aromatic carbocycles. The Morgan fingerprint density at radius 3 is 2.62 bits per heavy atom. The molecule has 3 nitrogen and oxygen atoms in total. The van der Waals surface area contributed by atoms with Gasteiger partial charge in [0, 0.05) is 18.8 Å². The van der Waals surface area contributed by atoms with Crippen molar-refractivity contribution in [2.45, 2.75) is 32.1 Å². The van der Waals surface area contributed by atoms with Crippen LogP contribution in [0.25, 0.3) is 0 Å². The van der Waals surface area contributed by atoms with E-state index >= 15 is 0 Å². The number of fused-ring (bicyclic) bond motifs is 1. The van der Waals surface area contributed by atoms with Gasteiger partial charge in [-0.1, -0.05) is 42.5 Å². The second-order valence-electron chi connectivity index (χ2n) is 6.10. The Bertz CT molecular complexity index is 535. The zero-order chi connectivity index (χ0) is 14.8. The first-order valence-corrected chi connectivity index (χ1v) is 8.40. The minimum Gasteiger partial charge on any atom is -0.324 e. The van der Waals surface area contributed by atoms with E-state index in [4.69, 9.17) is 23.2 Å². The van der Waals surface area contributed by atoms with Crippen molar-refractivity contribution >= 4 is 34.9 Å². The van der Waals surface area contributed by atoms with E-state index in [0.717, 1.165) is 25.4 Å². The number of carbonyl (C=O) groups is 1. The standard InChI is InChI=1S/C16H20Cl2N2O/c17-14-6-5-13(9-15(14)18)19-16(21)20-8-7-11-3-1-2-4-12(11)10-20/h5-6,9,11-12H,1-4,7-8,10H2,(H,19,21)/t11-,12-/m1/s1. The third-order valence-corrected chi connectivity index (χ3v) is 5.49. The maximum absolute atomic E-state index is 12.4. The summed E-state index contributed by atoms with van der Waals surface area (Å²) in [4.78, 5) is 14.3. The van der Waals surface area contributed by atoms with Gasteiger partial charge in [0.05, 0.1) is 10.0 Å². The summed E-state index contributed by atoms with van der Waals surface area (Å²) in [5, 5.41) is 3.88. The van der Waals surface area contributed by atoms with E-state index < -0.39 is 0 Å². The molecule has 114 valence electrons. The lowest BCUT2D eigenvalue weighted by atomic mass is 9.75. The zero-order valence-electron chi connectivity index (χ0n) is 11.9. The van der Waals surface area contributed by atoms with Gasteiger partial charge in [-0.25, -0.2) is 4.79 Å². The molecule has 2 fully saturated rings. The summed E-state index contributed by atoms with van der Waals surface area (Å²) < 4.78 is 0. The summed E-state index contributed by atoms with van der Waals surface area (Å²) >= 11 is 11.9. The molecule has 1 heterocycles. The zero-order valence-corrected chi connectivity index (χ0v) is 13.5. The second-order valence-corrected chi connectivity index (χ2v) is 6.91. The molecule has 1 aromatic rings. The van der Waals surface area contributed by atoms with Crippen molar-refractivity contribution in [2.75, 3.05) is 18.4 Å². The van der Waals surface area contributed by atoms with E-state index in [1.54, 1.807) is 18.2 Å². The molecular formula is C16H20Cl2N2O. The monoisotopic (exact) mass is 326 g/mol. The van der Waals surface area contributed by atoms with Crippen LogP contribution >= 0.6 is 23.2 Å². The number of amides is 2. The topological polar surface area (TPSA) is 32.3 Å². The van der Waals surface area contributed by atoms with Crippen molar-refractivity contribution in [3.63, 3.8) is 0 Å². The van der Waals surface area contributed by atoms with Crippen LogP contribution in [0.4, 0.5) is 10.5 Å². The highest BCUT2D eigenvalue weighted by Crippen LogP contribution is 2.36. The van der Waals surface area contributed by atoms with Crippen LogP contribution in [0.15, 0.2) is 18.2 Å². The molecule has 2 amide bonds. The van der Waals surface area contributed by atoms with E-state index in [9.17, 15) is 4.79 Å². The number of likely N-dealkylation sites (tertiary alicyclic amines) is 1. The highest BCUT2D eigenvalue weighted by Gasteiger charge is 2.32. The molecule has 1 saturated carbocycles. The van der Waals surface area contributed by atoms with Crippen LogP contribution in [-0.4, -0.2) is 24.0 Å². The summed E-state index contributed by atoms with van der Waals surface area (Å²) in [6.45, 7) is 1.74. The number of nitrogens with zero attached hydrogens (tertiary/aromatic N) is 1. The lowest BCUT2D eigenvalue weighted by molar-refractivity contribution is 0.108. The molecule has 0 bridgehead atoms. The first kappa shape index (κ1) is 15.0. The van der Waals surface area contributed by atoms with Gasteiger partial charge in [0.25, 0.3) is 0 Å². The number of nitrogens with one attached hydrogen (secondary N) is 1. The van der Waals surface area contributed by atoms with Crippen molar-refractivity contribution in [3.8, 4) is 0 Å². The van der Waals surface area contributed by atoms with E-state index in [1.807, 2.05) is 4.90 Å². The smallest absolute Gasteiger partial charge is 0.321 e. The largest absolute Gasteiger partial charge is 0.324 e. The van der Waals surface area contributed by atoms with Crippen LogP contribution in [0.5, 0.6) is 0 Å².